The number of quaternary nitrogens is 1. The van der Waals surface area contributed by atoms with Crippen LogP contribution in [0.4, 0.5) is 5.69 Å². The number of nitrogens with one attached hydrogen (secondary N) is 1. The van der Waals surface area contributed by atoms with Crippen LogP contribution in [0.15, 0.2) is 60.7 Å². The Morgan fingerprint density at radius 3 is 2.12 bits per heavy atom. The van der Waals surface area contributed by atoms with Crippen LogP contribution >= 0.6 is 0 Å². The maximum Gasteiger partial charge on any atom is 0.281 e. The summed E-state index contributed by atoms with van der Waals surface area (Å²) in [5, 5.41) is 0. The molecule has 2 aromatic rings. The zero-order chi connectivity index (χ0) is 17.6. The molecule has 130 valence electrons. The first-order valence-corrected chi connectivity index (χ1v) is 8.64. The van der Waals surface area contributed by atoms with Crippen molar-refractivity contribution in [2.75, 3.05) is 44.7 Å². The Morgan fingerprint density at radius 2 is 1.52 bits per heavy atom. The molecular formula is C20H24N3O2+. The number of carbonyl (C=O) groups excluding carboxylic acids is 2. The average Bonchev–Trinajstić information content (AvgIpc) is 2.68. The normalized spacial score (nSPS) is 15.0. The quantitative estimate of drug-likeness (QED) is 0.892. The van der Waals surface area contributed by atoms with E-state index in [0.717, 1.165) is 24.3 Å². The lowest BCUT2D eigenvalue weighted by atomic mass is 10.2. The Balaban J connectivity index is 1.51. The van der Waals surface area contributed by atoms with E-state index in [0.29, 0.717) is 19.6 Å². The van der Waals surface area contributed by atoms with Gasteiger partial charge < -0.3 is 14.7 Å². The van der Waals surface area contributed by atoms with Crippen LogP contribution in [-0.2, 0) is 4.79 Å². The molecule has 0 aliphatic carbocycles. The van der Waals surface area contributed by atoms with Crippen LogP contribution in [0, 0.1) is 0 Å². The van der Waals surface area contributed by atoms with Gasteiger partial charge in [-0.2, -0.15) is 0 Å². The smallest absolute Gasteiger partial charge is 0.281 e. The minimum absolute atomic E-state index is 0.0763. The molecule has 3 rings (SSSR count). The molecule has 1 aliphatic heterocycles. The Morgan fingerprint density at radius 1 is 0.960 bits per heavy atom. The van der Waals surface area contributed by atoms with E-state index in [-0.39, 0.29) is 11.8 Å². The summed E-state index contributed by atoms with van der Waals surface area (Å²) >= 11 is 0. The fraction of sp³-hybridized carbons (Fsp3) is 0.300. The molecule has 0 atom stereocenters. The Bertz CT molecular complexity index is 710. The van der Waals surface area contributed by atoms with E-state index in [1.807, 2.05) is 72.6 Å². The number of para-hydroxylation sites is 1. The molecule has 1 N–H and O–H groups in total. The lowest BCUT2D eigenvalue weighted by molar-refractivity contribution is -0.895. The number of anilines is 1. The number of piperazine rings is 1. The van der Waals surface area contributed by atoms with E-state index >= 15 is 0 Å². The maximum absolute atomic E-state index is 12.5. The summed E-state index contributed by atoms with van der Waals surface area (Å²) < 4.78 is 0. The van der Waals surface area contributed by atoms with Gasteiger partial charge in [0.2, 0.25) is 0 Å². The molecule has 5 heteroatoms. The van der Waals surface area contributed by atoms with E-state index in [1.165, 1.54) is 4.90 Å². The molecular weight excluding hydrogens is 314 g/mol. The third-order valence-corrected chi connectivity index (χ3v) is 4.70. The van der Waals surface area contributed by atoms with Crippen molar-refractivity contribution in [3.05, 3.63) is 66.2 Å². The molecule has 0 radical (unpaired) electrons. The highest BCUT2D eigenvalue weighted by atomic mass is 16.2. The van der Waals surface area contributed by atoms with Gasteiger partial charge in [-0.25, -0.2) is 0 Å². The van der Waals surface area contributed by atoms with Crippen LogP contribution in [0.1, 0.15) is 10.4 Å². The number of likely N-dealkylation sites (N-methyl/N-ethyl adjacent to an activating group) is 1. The minimum atomic E-state index is 0.0763. The molecule has 1 saturated heterocycles. The van der Waals surface area contributed by atoms with Gasteiger partial charge in [0.05, 0.1) is 26.2 Å². The molecule has 5 nitrogen and oxygen atoms in total. The maximum atomic E-state index is 12.5. The van der Waals surface area contributed by atoms with Crippen molar-refractivity contribution >= 4 is 17.5 Å². The van der Waals surface area contributed by atoms with E-state index in [4.69, 9.17) is 0 Å². The number of carbonyl (C=O) groups is 2. The van der Waals surface area contributed by atoms with Crippen molar-refractivity contribution in [2.45, 2.75) is 0 Å². The van der Waals surface area contributed by atoms with Crippen molar-refractivity contribution in [3.8, 4) is 0 Å². The summed E-state index contributed by atoms with van der Waals surface area (Å²) in [6.45, 7) is 3.43. The monoisotopic (exact) mass is 338 g/mol. The third-order valence-electron chi connectivity index (χ3n) is 4.70. The van der Waals surface area contributed by atoms with Crippen molar-refractivity contribution in [1.29, 1.82) is 0 Å². The van der Waals surface area contributed by atoms with E-state index in [1.54, 1.807) is 4.90 Å². The second-order valence-electron chi connectivity index (χ2n) is 6.37. The van der Waals surface area contributed by atoms with E-state index in [9.17, 15) is 9.59 Å². The number of amides is 2. The van der Waals surface area contributed by atoms with Crippen LogP contribution < -0.4 is 9.80 Å². The van der Waals surface area contributed by atoms with Gasteiger partial charge in [0.1, 0.15) is 0 Å². The molecule has 1 heterocycles. The van der Waals surface area contributed by atoms with E-state index in [2.05, 4.69) is 0 Å². The summed E-state index contributed by atoms with van der Waals surface area (Å²) in [6, 6.07) is 19.0. The Hall–Kier alpha value is -2.66. The first-order valence-electron chi connectivity index (χ1n) is 8.64. The van der Waals surface area contributed by atoms with Crippen LogP contribution in [0.5, 0.6) is 0 Å². The largest absolute Gasteiger partial charge is 0.327 e. The predicted octanol–water partition coefficient (Wildman–Crippen LogP) is 0.690. The molecule has 0 bridgehead atoms. The van der Waals surface area contributed by atoms with Gasteiger partial charge in [0.25, 0.3) is 11.8 Å². The van der Waals surface area contributed by atoms with Crippen molar-refractivity contribution in [3.63, 3.8) is 0 Å². The molecule has 1 aliphatic rings. The second-order valence-corrected chi connectivity index (χ2v) is 6.37. The van der Waals surface area contributed by atoms with Gasteiger partial charge in [-0.05, 0) is 24.3 Å². The lowest BCUT2D eigenvalue weighted by Gasteiger charge is -2.32. The SMILES string of the molecule is CN(C(=O)C[NH+]1CCN(C(=O)c2ccccc2)CC1)c1ccccc1. The van der Waals surface area contributed by atoms with Crippen molar-refractivity contribution in [2.24, 2.45) is 0 Å². The Labute approximate surface area is 148 Å². The third kappa shape index (κ3) is 4.25. The fourth-order valence-electron chi connectivity index (χ4n) is 3.09. The zero-order valence-corrected chi connectivity index (χ0v) is 14.5. The van der Waals surface area contributed by atoms with Crippen molar-refractivity contribution in [1.82, 2.24) is 4.90 Å². The number of nitrogens with zero attached hydrogens (tertiary/aromatic N) is 2. The number of hydrogen-bond acceptors (Lipinski definition) is 2. The highest BCUT2D eigenvalue weighted by Crippen LogP contribution is 2.10. The predicted molar refractivity (Wildman–Crippen MR) is 97.8 cm³/mol. The molecule has 0 spiro atoms. The molecule has 0 aromatic heterocycles. The number of rotatable bonds is 4. The van der Waals surface area contributed by atoms with Gasteiger partial charge in [-0.1, -0.05) is 36.4 Å². The summed E-state index contributed by atoms with van der Waals surface area (Å²) in [5.41, 5.74) is 1.63. The standard InChI is InChI=1S/C20H23N3O2/c1-21(18-10-6-3-7-11-18)19(24)16-22-12-14-23(15-13-22)20(25)17-8-4-2-5-9-17/h2-11H,12-16H2,1H3/p+1. The molecule has 25 heavy (non-hydrogen) atoms. The number of benzene rings is 2. The van der Waals surface area contributed by atoms with Gasteiger partial charge in [0.15, 0.2) is 6.54 Å². The summed E-state index contributed by atoms with van der Waals surface area (Å²) in [7, 11) is 1.81. The summed E-state index contributed by atoms with van der Waals surface area (Å²) in [4.78, 5) is 29.7. The van der Waals surface area contributed by atoms with Gasteiger partial charge in [0, 0.05) is 18.3 Å². The fourth-order valence-corrected chi connectivity index (χ4v) is 3.09. The molecule has 0 unspecified atom stereocenters. The second kappa shape index (κ2) is 7.94. The van der Waals surface area contributed by atoms with Gasteiger partial charge >= 0.3 is 0 Å². The lowest BCUT2D eigenvalue weighted by Crippen LogP contribution is -3.15. The zero-order valence-electron chi connectivity index (χ0n) is 14.5. The molecule has 1 fully saturated rings. The summed E-state index contributed by atoms with van der Waals surface area (Å²) in [5.74, 6) is 0.177. The van der Waals surface area contributed by atoms with Crippen LogP contribution in [0.3, 0.4) is 0 Å². The van der Waals surface area contributed by atoms with Crippen LogP contribution in [0.25, 0.3) is 0 Å². The summed E-state index contributed by atoms with van der Waals surface area (Å²) in [6.07, 6.45) is 0. The van der Waals surface area contributed by atoms with Gasteiger partial charge in [-0.15, -0.1) is 0 Å². The van der Waals surface area contributed by atoms with Crippen LogP contribution in [0.2, 0.25) is 0 Å². The number of hydrogen-bond donors (Lipinski definition) is 1. The van der Waals surface area contributed by atoms with Crippen molar-refractivity contribution < 1.29 is 14.5 Å². The van der Waals surface area contributed by atoms with Gasteiger partial charge in [-0.3, -0.25) is 9.59 Å². The highest BCUT2D eigenvalue weighted by Gasteiger charge is 2.26. The average molecular weight is 338 g/mol. The first kappa shape index (κ1) is 17.2. The molecule has 0 saturated carbocycles. The topological polar surface area (TPSA) is 45.1 Å². The minimum Gasteiger partial charge on any atom is -0.327 e. The van der Waals surface area contributed by atoms with Crippen LogP contribution in [-0.4, -0.2) is 56.5 Å². The molecule has 2 aromatic carbocycles. The highest BCUT2D eigenvalue weighted by molar-refractivity contribution is 5.94. The molecule has 2 amide bonds. The Kier molecular flexibility index (Phi) is 5.46. The first-order chi connectivity index (χ1) is 12.1. The van der Waals surface area contributed by atoms with E-state index < -0.39 is 0 Å².